The van der Waals surface area contributed by atoms with E-state index in [9.17, 15) is 4.79 Å². The molecule has 0 spiro atoms. The Kier molecular flexibility index (Phi) is 6.72. The highest BCUT2D eigenvalue weighted by molar-refractivity contribution is 6.07. The molecule has 0 unspecified atom stereocenters. The van der Waals surface area contributed by atoms with Crippen LogP contribution in [0, 0.1) is 5.92 Å². The molecular formula is C30H31N3O3. The van der Waals surface area contributed by atoms with Crippen LogP contribution in [0.4, 0.5) is 0 Å². The van der Waals surface area contributed by atoms with Gasteiger partial charge in [-0.1, -0.05) is 67.6 Å². The van der Waals surface area contributed by atoms with E-state index in [1.54, 1.807) is 11.7 Å². The van der Waals surface area contributed by atoms with Gasteiger partial charge in [-0.2, -0.15) is 4.98 Å². The molecule has 0 bridgehead atoms. The van der Waals surface area contributed by atoms with Crippen molar-refractivity contribution < 1.29 is 9.15 Å². The number of fused-ring (bicyclic) bond motifs is 3. The van der Waals surface area contributed by atoms with E-state index < -0.39 is 0 Å². The van der Waals surface area contributed by atoms with Gasteiger partial charge < -0.3 is 14.1 Å². The Morgan fingerprint density at radius 3 is 2.39 bits per heavy atom. The minimum Gasteiger partial charge on any atom is -0.452 e. The maximum atomic E-state index is 13.4. The lowest BCUT2D eigenvalue weighted by atomic mass is 10.0. The predicted molar refractivity (Wildman–Crippen MR) is 145 cm³/mol. The summed E-state index contributed by atoms with van der Waals surface area (Å²) in [5.74, 6) is 0.137. The van der Waals surface area contributed by atoms with Crippen molar-refractivity contribution in [3.05, 3.63) is 88.8 Å². The van der Waals surface area contributed by atoms with Gasteiger partial charge >= 0.3 is 5.69 Å². The zero-order valence-electron chi connectivity index (χ0n) is 21.2. The van der Waals surface area contributed by atoms with Crippen molar-refractivity contribution in [3.63, 3.8) is 0 Å². The Morgan fingerprint density at radius 2 is 1.69 bits per heavy atom. The molecule has 0 saturated heterocycles. The second-order valence-corrected chi connectivity index (χ2v) is 9.71. The van der Waals surface area contributed by atoms with Crippen molar-refractivity contribution in [3.8, 4) is 22.4 Å². The van der Waals surface area contributed by atoms with E-state index in [4.69, 9.17) is 9.15 Å². The van der Waals surface area contributed by atoms with Crippen LogP contribution in [0.15, 0.2) is 82.0 Å². The van der Waals surface area contributed by atoms with Gasteiger partial charge in [0, 0.05) is 31.1 Å². The van der Waals surface area contributed by atoms with Crippen LogP contribution < -0.4 is 5.69 Å². The van der Waals surface area contributed by atoms with Gasteiger partial charge in [0.05, 0.1) is 6.61 Å². The summed E-state index contributed by atoms with van der Waals surface area (Å²) >= 11 is 0. The average Bonchev–Trinajstić information content (AvgIpc) is 3.25. The molecule has 0 radical (unpaired) electrons. The van der Waals surface area contributed by atoms with Crippen LogP contribution in [-0.2, 0) is 17.8 Å². The fourth-order valence-electron chi connectivity index (χ4n) is 4.77. The van der Waals surface area contributed by atoms with E-state index in [0.717, 1.165) is 39.7 Å². The molecule has 6 nitrogen and oxygen atoms in total. The molecule has 0 aliphatic carbocycles. The first-order valence-electron chi connectivity index (χ1n) is 12.2. The third-order valence-corrected chi connectivity index (χ3v) is 6.36. The normalized spacial score (nSPS) is 12.6. The second-order valence-electron chi connectivity index (χ2n) is 9.71. The first-order chi connectivity index (χ1) is 17.4. The van der Waals surface area contributed by atoms with Gasteiger partial charge in [-0.3, -0.25) is 4.57 Å². The highest BCUT2D eigenvalue weighted by atomic mass is 16.5. The summed E-state index contributed by atoms with van der Waals surface area (Å²) in [7, 11) is 5.81. The summed E-state index contributed by atoms with van der Waals surface area (Å²) in [5.41, 5.74) is 6.72. The van der Waals surface area contributed by atoms with Gasteiger partial charge in [0.15, 0.2) is 5.58 Å². The summed E-state index contributed by atoms with van der Waals surface area (Å²) in [5, 5.41) is 0.904. The van der Waals surface area contributed by atoms with Crippen molar-refractivity contribution in [2.75, 3.05) is 27.8 Å². The highest BCUT2D eigenvalue weighted by Crippen LogP contribution is 2.36. The Labute approximate surface area is 210 Å². The van der Waals surface area contributed by atoms with E-state index >= 15 is 0 Å². The summed E-state index contributed by atoms with van der Waals surface area (Å²) in [6, 6.07) is 24.5. The molecule has 0 aliphatic rings. The van der Waals surface area contributed by atoms with Crippen LogP contribution in [-0.4, -0.2) is 42.3 Å². The Bertz CT molecular complexity index is 1550. The molecule has 1 atom stereocenters. The van der Waals surface area contributed by atoms with Gasteiger partial charge in [0.25, 0.3) is 0 Å². The first-order valence-corrected chi connectivity index (χ1v) is 12.2. The van der Waals surface area contributed by atoms with Crippen LogP contribution in [0.1, 0.15) is 12.5 Å². The third-order valence-electron chi connectivity index (χ3n) is 6.36. The topological polar surface area (TPSA) is 60.5 Å². The summed E-state index contributed by atoms with van der Waals surface area (Å²) in [4.78, 5) is 20.0. The standard InChI is InChI=1S/C30H31N3O3/c1-20(19-35-4)17-33-28-25-16-24(22-12-10-21(11-13-22)18-32(2)3)14-15-26(25)36-29(28)27(31-30(33)34)23-8-6-5-7-9-23/h5-16,20H,17-19H2,1-4H3/t20-/m0/s1. The smallest absolute Gasteiger partial charge is 0.348 e. The molecular weight excluding hydrogens is 450 g/mol. The minimum absolute atomic E-state index is 0.137. The predicted octanol–water partition coefficient (Wildman–Crippen LogP) is 5.82. The number of hydrogen-bond donors (Lipinski definition) is 0. The van der Waals surface area contributed by atoms with E-state index in [0.29, 0.717) is 24.4 Å². The number of nitrogens with zero attached hydrogens (tertiary/aromatic N) is 3. The fourth-order valence-corrected chi connectivity index (χ4v) is 4.77. The van der Waals surface area contributed by atoms with Gasteiger partial charge in [-0.25, -0.2) is 4.79 Å². The number of aromatic nitrogens is 2. The quantitative estimate of drug-likeness (QED) is 0.279. The minimum atomic E-state index is -0.287. The molecule has 5 aromatic rings. The van der Waals surface area contributed by atoms with Crippen LogP contribution in [0.25, 0.3) is 44.5 Å². The molecule has 0 fully saturated rings. The lowest BCUT2D eigenvalue weighted by Crippen LogP contribution is -2.27. The average molecular weight is 482 g/mol. The molecule has 0 amide bonds. The van der Waals surface area contributed by atoms with E-state index in [1.807, 2.05) is 36.4 Å². The van der Waals surface area contributed by atoms with Crippen LogP contribution in [0.3, 0.4) is 0 Å². The van der Waals surface area contributed by atoms with Gasteiger partial charge in [0.1, 0.15) is 16.8 Å². The lowest BCUT2D eigenvalue weighted by Gasteiger charge is -2.14. The van der Waals surface area contributed by atoms with E-state index in [-0.39, 0.29) is 11.6 Å². The number of ether oxygens (including phenoxy) is 1. The van der Waals surface area contributed by atoms with Crippen molar-refractivity contribution >= 4 is 22.1 Å². The molecule has 0 aliphatic heterocycles. The number of rotatable bonds is 8. The summed E-state index contributed by atoms with van der Waals surface area (Å²) < 4.78 is 13.4. The van der Waals surface area contributed by atoms with Gasteiger partial charge in [-0.15, -0.1) is 0 Å². The zero-order chi connectivity index (χ0) is 25.2. The first kappa shape index (κ1) is 24.0. The molecule has 6 heteroatoms. The molecule has 0 N–H and O–H groups in total. The number of furan rings is 1. The Hall–Kier alpha value is -3.74. The Morgan fingerprint density at radius 1 is 0.972 bits per heavy atom. The second kappa shape index (κ2) is 10.1. The van der Waals surface area contributed by atoms with Crippen molar-refractivity contribution in [2.24, 2.45) is 5.92 Å². The SMILES string of the molecule is COC[C@@H](C)Cn1c(=O)nc(-c2ccccc2)c2oc3ccc(-c4ccc(CN(C)C)cc4)cc3c21. The molecule has 184 valence electrons. The van der Waals surface area contributed by atoms with Crippen LogP contribution in [0.5, 0.6) is 0 Å². The number of benzene rings is 3. The van der Waals surface area contributed by atoms with Crippen molar-refractivity contribution in [2.45, 2.75) is 20.0 Å². The van der Waals surface area contributed by atoms with E-state index in [1.165, 1.54) is 5.56 Å². The van der Waals surface area contributed by atoms with Crippen molar-refractivity contribution in [1.82, 2.24) is 14.5 Å². The largest absolute Gasteiger partial charge is 0.452 e. The molecule has 36 heavy (non-hydrogen) atoms. The summed E-state index contributed by atoms with van der Waals surface area (Å²) in [6.45, 7) is 4.00. The highest BCUT2D eigenvalue weighted by Gasteiger charge is 2.21. The zero-order valence-corrected chi connectivity index (χ0v) is 21.2. The fraction of sp³-hybridized carbons (Fsp3) is 0.267. The molecule has 3 aromatic carbocycles. The van der Waals surface area contributed by atoms with Crippen LogP contribution >= 0.6 is 0 Å². The maximum absolute atomic E-state index is 13.4. The molecule has 2 aromatic heterocycles. The third kappa shape index (κ3) is 4.70. The van der Waals surface area contributed by atoms with Crippen molar-refractivity contribution in [1.29, 1.82) is 0 Å². The number of hydrogen-bond acceptors (Lipinski definition) is 5. The van der Waals surface area contributed by atoms with Gasteiger partial charge in [0.2, 0.25) is 0 Å². The summed E-state index contributed by atoms with van der Waals surface area (Å²) in [6.07, 6.45) is 0. The monoisotopic (exact) mass is 481 g/mol. The van der Waals surface area contributed by atoms with Gasteiger partial charge in [-0.05, 0) is 48.8 Å². The lowest BCUT2D eigenvalue weighted by molar-refractivity contribution is 0.151. The Balaban J connectivity index is 1.71. The number of methoxy groups -OCH3 is 1. The molecule has 5 rings (SSSR count). The molecule has 2 heterocycles. The maximum Gasteiger partial charge on any atom is 0.348 e. The van der Waals surface area contributed by atoms with Crippen LogP contribution in [0.2, 0.25) is 0 Å². The van der Waals surface area contributed by atoms with E-state index in [2.05, 4.69) is 67.3 Å². The molecule has 0 saturated carbocycles.